The first-order valence-corrected chi connectivity index (χ1v) is 3.65. The molecule has 0 heterocycles. The Labute approximate surface area is 54.0 Å². The van der Waals surface area contributed by atoms with E-state index in [-0.39, 0.29) is 0 Å². The zero-order valence-electron chi connectivity index (χ0n) is 5.36. The summed E-state index contributed by atoms with van der Waals surface area (Å²) in [5.41, 5.74) is 0. The van der Waals surface area contributed by atoms with Gasteiger partial charge in [-0.1, -0.05) is 6.58 Å². The van der Waals surface area contributed by atoms with Gasteiger partial charge in [-0.3, -0.25) is 9.05 Å². The van der Waals surface area contributed by atoms with E-state index >= 15 is 0 Å². The molecule has 0 aromatic rings. The lowest BCUT2D eigenvalue weighted by Gasteiger charge is -2.09. The van der Waals surface area contributed by atoms with E-state index in [1.165, 1.54) is 14.2 Å². The van der Waals surface area contributed by atoms with Crippen molar-refractivity contribution in [3.8, 4) is 0 Å². The summed E-state index contributed by atoms with van der Waals surface area (Å²) >= 11 is 0. The van der Waals surface area contributed by atoms with Gasteiger partial charge in [-0.2, -0.15) is 0 Å². The maximum absolute atomic E-state index is 10.8. The fourth-order valence-corrected chi connectivity index (χ4v) is 0.756. The van der Waals surface area contributed by atoms with Gasteiger partial charge in [-0.15, -0.1) is 0 Å². The summed E-state index contributed by atoms with van der Waals surface area (Å²) in [5, 5.41) is 0. The number of phosphoric ester groups is 1. The second-order valence-electron chi connectivity index (χ2n) is 1.08. The van der Waals surface area contributed by atoms with Crippen LogP contribution in [-0.2, 0) is 18.1 Å². The molecule has 0 saturated carbocycles. The smallest absolute Gasteiger partial charge is 0.413 e. The van der Waals surface area contributed by atoms with E-state index in [1.54, 1.807) is 0 Å². The van der Waals surface area contributed by atoms with Gasteiger partial charge < -0.3 is 4.52 Å². The standard InChI is InChI=1S/C4H9O4P/c1-4-8-9(5,6-2)7-3/h4H,1H2,2-3H3. The molecule has 54 valence electrons. The quantitative estimate of drug-likeness (QED) is 0.452. The summed E-state index contributed by atoms with van der Waals surface area (Å²) in [7, 11) is -0.839. The third-order valence-electron chi connectivity index (χ3n) is 0.651. The molecule has 0 aliphatic carbocycles. The van der Waals surface area contributed by atoms with Gasteiger partial charge in [0.15, 0.2) is 0 Å². The lowest BCUT2D eigenvalue weighted by molar-refractivity contribution is 0.194. The summed E-state index contributed by atoms with van der Waals surface area (Å²) in [6, 6.07) is 0. The molecule has 0 amide bonds. The van der Waals surface area contributed by atoms with Gasteiger partial charge in [0.25, 0.3) is 0 Å². The maximum atomic E-state index is 10.8. The van der Waals surface area contributed by atoms with Crippen molar-refractivity contribution in [1.82, 2.24) is 0 Å². The highest BCUT2D eigenvalue weighted by atomic mass is 31.2. The second kappa shape index (κ2) is 3.67. The number of hydrogen-bond donors (Lipinski definition) is 0. The van der Waals surface area contributed by atoms with Crippen LogP contribution in [0.3, 0.4) is 0 Å². The molecule has 0 N–H and O–H groups in total. The van der Waals surface area contributed by atoms with E-state index in [1.807, 2.05) is 0 Å². The van der Waals surface area contributed by atoms with E-state index in [4.69, 9.17) is 0 Å². The monoisotopic (exact) mass is 152 g/mol. The zero-order chi connectivity index (χ0) is 7.33. The van der Waals surface area contributed by atoms with Gasteiger partial charge in [-0.25, -0.2) is 4.57 Å². The summed E-state index contributed by atoms with van der Waals surface area (Å²) < 4.78 is 24.0. The molecule has 0 aromatic heterocycles. The zero-order valence-corrected chi connectivity index (χ0v) is 6.26. The van der Waals surface area contributed by atoms with Crippen LogP contribution < -0.4 is 0 Å². The SMILES string of the molecule is C=COP(=O)(OC)OC. The highest BCUT2D eigenvalue weighted by molar-refractivity contribution is 7.48. The third-order valence-corrected chi connectivity index (χ3v) is 1.95. The minimum atomic E-state index is -3.30. The Hall–Kier alpha value is -0.310. The maximum Gasteiger partial charge on any atom is 0.528 e. The predicted molar refractivity (Wildman–Crippen MR) is 32.9 cm³/mol. The second-order valence-corrected chi connectivity index (χ2v) is 2.92. The first-order valence-electron chi connectivity index (χ1n) is 2.19. The van der Waals surface area contributed by atoms with Crippen LogP contribution in [0.4, 0.5) is 0 Å². The summed E-state index contributed by atoms with van der Waals surface area (Å²) in [6.07, 6.45) is 1.01. The third kappa shape index (κ3) is 2.65. The molecule has 0 radical (unpaired) electrons. The van der Waals surface area contributed by atoms with Crippen LogP contribution in [0.5, 0.6) is 0 Å². The van der Waals surface area contributed by atoms with Gasteiger partial charge in [0, 0.05) is 14.2 Å². The summed E-state index contributed by atoms with van der Waals surface area (Å²) in [6.45, 7) is 3.19. The van der Waals surface area contributed by atoms with Crippen molar-refractivity contribution in [3.63, 3.8) is 0 Å². The highest BCUT2D eigenvalue weighted by Gasteiger charge is 2.21. The molecular weight excluding hydrogens is 143 g/mol. The lowest BCUT2D eigenvalue weighted by Crippen LogP contribution is -1.88. The Bertz CT molecular complexity index is 125. The molecule has 0 rings (SSSR count). The molecule has 0 aliphatic heterocycles. The van der Waals surface area contributed by atoms with Crippen molar-refractivity contribution >= 4 is 7.82 Å². The number of phosphoric acid groups is 1. The molecule has 0 aliphatic rings. The number of hydrogen-bond acceptors (Lipinski definition) is 4. The molecule has 0 spiro atoms. The van der Waals surface area contributed by atoms with Gasteiger partial charge >= 0.3 is 7.82 Å². The number of rotatable bonds is 4. The van der Waals surface area contributed by atoms with E-state index in [0.29, 0.717) is 0 Å². The predicted octanol–water partition coefficient (Wildman–Crippen LogP) is 1.55. The van der Waals surface area contributed by atoms with Crippen molar-refractivity contribution in [2.45, 2.75) is 0 Å². The van der Waals surface area contributed by atoms with E-state index in [0.717, 1.165) is 6.26 Å². The minimum Gasteiger partial charge on any atom is -0.413 e. The average molecular weight is 152 g/mol. The van der Waals surface area contributed by atoms with Crippen LogP contribution in [-0.4, -0.2) is 14.2 Å². The first kappa shape index (κ1) is 8.69. The fourth-order valence-electron chi connectivity index (χ4n) is 0.252. The summed E-state index contributed by atoms with van der Waals surface area (Å²) in [5.74, 6) is 0. The van der Waals surface area contributed by atoms with E-state index < -0.39 is 7.82 Å². The molecule has 0 atom stereocenters. The molecule has 4 nitrogen and oxygen atoms in total. The normalized spacial score (nSPS) is 10.9. The van der Waals surface area contributed by atoms with Crippen molar-refractivity contribution in [2.75, 3.05) is 14.2 Å². The molecular formula is C4H9O4P. The van der Waals surface area contributed by atoms with Crippen LogP contribution in [0, 0.1) is 0 Å². The molecule has 0 bridgehead atoms. The molecule has 0 unspecified atom stereocenters. The van der Waals surface area contributed by atoms with Gasteiger partial charge in [0.05, 0.1) is 6.26 Å². The van der Waals surface area contributed by atoms with Crippen LogP contribution in [0.25, 0.3) is 0 Å². The molecule has 9 heavy (non-hydrogen) atoms. The van der Waals surface area contributed by atoms with Gasteiger partial charge in [-0.05, 0) is 0 Å². The van der Waals surface area contributed by atoms with Crippen LogP contribution in [0.2, 0.25) is 0 Å². The average Bonchev–Trinajstić information content (AvgIpc) is 1.89. The highest BCUT2D eigenvalue weighted by Crippen LogP contribution is 2.47. The molecule has 5 heteroatoms. The Kier molecular flexibility index (Phi) is 3.54. The Morgan fingerprint density at radius 3 is 2.00 bits per heavy atom. The molecule has 0 saturated heterocycles. The largest absolute Gasteiger partial charge is 0.528 e. The Balaban J connectivity index is 3.93. The molecule has 0 aromatic carbocycles. The Morgan fingerprint density at radius 2 is 1.89 bits per heavy atom. The first-order chi connectivity index (χ1) is 4.18. The fraction of sp³-hybridized carbons (Fsp3) is 0.500. The Morgan fingerprint density at radius 1 is 1.44 bits per heavy atom. The minimum absolute atomic E-state index is 1.01. The lowest BCUT2D eigenvalue weighted by atomic mass is 11.2. The molecule has 0 fully saturated rings. The van der Waals surface area contributed by atoms with Crippen LogP contribution >= 0.6 is 7.82 Å². The van der Waals surface area contributed by atoms with Crippen molar-refractivity contribution in [1.29, 1.82) is 0 Å². The van der Waals surface area contributed by atoms with Gasteiger partial charge in [0.1, 0.15) is 0 Å². The summed E-state index contributed by atoms with van der Waals surface area (Å²) in [4.78, 5) is 0. The van der Waals surface area contributed by atoms with Crippen molar-refractivity contribution < 1.29 is 18.1 Å². The topological polar surface area (TPSA) is 44.8 Å². The van der Waals surface area contributed by atoms with Crippen molar-refractivity contribution in [2.24, 2.45) is 0 Å². The van der Waals surface area contributed by atoms with Gasteiger partial charge in [0.2, 0.25) is 0 Å². The van der Waals surface area contributed by atoms with Crippen LogP contribution in [0.1, 0.15) is 0 Å². The van der Waals surface area contributed by atoms with Crippen molar-refractivity contribution in [3.05, 3.63) is 12.8 Å². The van der Waals surface area contributed by atoms with E-state index in [2.05, 4.69) is 20.2 Å². The van der Waals surface area contributed by atoms with E-state index in [9.17, 15) is 4.57 Å². The van der Waals surface area contributed by atoms with Crippen LogP contribution in [0.15, 0.2) is 12.8 Å².